The quantitative estimate of drug-likeness (QED) is 0.525. The Bertz CT molecular complexity index is 203. The number of hydrogen-bond acceptors (Lipinski definition) is 2. The van der Waals surface area contributed by atoms with E-state index in [0.29, 0.717) is 0 Å². The molecule has 2 rings (SSSR count). The highest BCUT2D eigenvalue weighted by molar-refractivity contribution is 5.88. The molecule has 2 aliphatic heterocycles. The molecule has 0 bridgehead atoms. The predicted octanol–water partition coefficient (Wildman–Crippen LogP) is -0.253. The van der Waals surface area contributed by atoms with Gasteiger partial charge in [-0.25, -0.2) is 0 Å². The Balaban J connectivity index is 2.05. The molecular weight excluding hydrogens is 140 g/mol. The van der Waals surface area contributed by atoms with Gasteiger partial charge in [0.15, 0.2) is 0 Å². The summed E-state index contributed by atoms with van der Waals surface area (Å²) < 4.78 is 0. The zero-order chi connectivity index (χ0) is 7.90. The van der Waals surface area contributed by atoms with Crippen molar-refractivity contribution in [2.24, 2.45) is 0 Å². The van der Waals surface area contributed by atoms with Crippen LogP contribution in [0.2, 0.25) is 0 Å². The average molecular weight is 152 g/mol. The second-order valence-corrected chi connectivity index (χ2v) is 3.27. The predicted molar refractivity (Wildman–Crippen MR) is 42.1 cm³/mol. The van der Waals surface area contributed by atoms with Gasteiger partial charge in [0.05, 0.1) is 5.54 Å². The molecule has 3 nitrogen and oxygen atoms in total. The molecule has 0 saturated carbocycles. The topological polar surface area (TPSA) is 32.3 Å². The largest absolute Gasteiger partial charge is 0.331 e. The molecule has 1 spiro atoms. The van der Waals surface area contributed by atoms with Crippen LogP contribution >= 0.6 is 0 Å². The highest BCUT2D eigenvalue weighted by Crippen LogP contribution is 2.33. The lowest BCUT2D eigenvalue weighted by molar-refractivity contribution is -0.146. The van der Waals surface area contributed by atoms with E-state index in [-0.39, 0.29) is 11.4 Å². The fourth-order valence-corrected chi connectivity index (χ4v) is 1.78. The first kappa shape index (κ1) is 6.85. The molecule has 2 aliphatic rings. The van der Waals surface area contributed by atoms with Gasteiger partial charge in [-0.1, -0.05) is 6.58 Å². The Morgan fingerprint density at radius 2 is 2.36 bits per heavy atom. The molecule has 0 radical (unpaired) electrons. The number of amides is 1. The van der Waals surface area contributed by atoms with Crippen LogP contribution in [0.3, 0.4) is 0 Å². The SMILES string of the molecule is C=CC(=O)N1CCC12CNC2. The second kappa shape index (κ2) is 2.08. The summed E-state index contributed by atoms with van der Waals surface area (Å²) in [6, 6.07) is 0. The summed E-state index contributed by atoms with van der Waals surface area (Å²) in [6.45, 7) is 6.31. The molecule has 0 aromatic heterocycles. The molecule has 2 fully saturated rings. The lowest BCUT2D eigenvalue weighted by Crippen LogP contribution is -2.76. The van der Waals surface area contributed by atoms with Crippen molar-refractivity contribution in [2.75, 3.05) is 19.6 Å². The standard InChI is InChI=1S/C8H12N2O/c1-2-7(11)10-4-3-8(10)5-9-6-8/h2,9H,1,3-6H2. The van der Waals surface area contributed by atoms with Crippen molar-refractivity contribution in [3.05, 3.63) is 12.7 Å². The lowest BCUT2D eigenvalue weighted by atomic mass is 9.79. The first-order valence-electron chi connectivity index (χ1n) is 3.93. The van der Waals surface area contributed by atoms with Crippen LogP contribution in [-0.2, 0) is 4.79 Å². The third kappa shape index (κ3) is 0.744. The molecule has 3 heteroatoms. The van der Waals surface area contributed by atoms with E-state index >= 15 is 0 Å². The minimum absolute atomic E-state index is 0.0813. The van der Waals surface area contributed by atoms with Crippen LogP contribution in [0.1, 0.15) is 6.42 Å². The molecular formula is C8H12N2O. The maximum atomic E-state index is 11.2. The van der Waals surface area contributed by atoms with Gasteiger partial charge in [-0.2, -0.15) is 0 Å². The van der Waals surface area contributed by atoms with Crippen LogP contribution in [0, 0.1) is 0 Å². The maximum absolute atomic E-state index is 11.2. The monoisotopic (exact) mass is 152 g/mol. The number of rotatable bonds is 1. The summed E-state index contributed by atoms with van der Waals surface area (Å²) in [4.78, 5) is 13.1. The Hall–Kier alpha value is -0.830. The summed E-state index contributed by atoms with van der Waals surface area (Å²) in [5.41, 5.74) is 0.186. The Kier molecular flexibility index (Phi) is 1.29. The first-order valence-corrected chi connectivity index (χ1v) is 3.93. The van der Waals surface area contributed by atoms with Crippen molar-refractivity contribution in [3.8, 4) is 0 Å². The van der Waals surface area contributed by atoms with Crippen molar-refractivity contribution < 1.29 is 4.79 Å². The zero-order valence-electron chi connectivity index (χ0n) is 6.47. The van der Waals surface area contributed by atoms with E-state index in [1.807, 2.05) is 4.90 Å². The summed E-state index contributed by atoms with van der Waals surface area (Å²) in [5.74, 6) is 0.0813. The summed E-state index contributed by atoms with van der Waals surface area (Å²) in [6.07, 6.45) is 2.55. The molecule has 60 valence electrons. The molecule has 0 aliphatic carbocycles. The molecule has 11 heavy (non-hydrogen) atoms. The van der Waals surface area contributed by atoms with E-state index in [1.165, 1.54) is 6.08 Å². The van der Waals surface area contributed by atoms with Gasteiger partial charge in [0.2, 0.25) is 5.91 Å². The normalized spacial score (nSPS) is 25.6. The minimum Gasteiger partial charge on any atom is -0.331 e. The fraction of sp³-hybridized carbons (Fsp3) is 0.625. The Morgan fingerprint density at radius 1 is 1.64 bits per heavy atom. The van der Waals surface area contributed by atoms with Crippen LogP contribution < -0.4 is 5.32 Å². The van der Waals surface area contributed by atoms with E-state index < -0.39 is 0 Å². The van der Waals surface area contributed by atoms with Crippen LogP contribution in [0.5, 0.6) is 0 Å². The van der Waals surface area contributed by atoms with Gasteiger partial charge in [-0.15, -0.1) is 0 Å². The van der Waals surface area contributed by atoms with Gasteiger partial charge in [0, 0.05) is 19.6 Å². The van der Waals surface area contributed by atoms with Crippen LogP contribution in [0.15, 0.2) is 12.7 Å². The molecule has 2 saturated heterocycles. The van der Waals surface area contributed by atoms with Crippen LogP contribution in [0.25, 0.3) is 0 Å². The zero-order valence-corrected chi connectivity index (χ0v) is 6.47. The van der Waals surface area contributed by atoms with E-state index in [4.69, 9.17) is 0 Å². The van der Waals surface area contributed by atoms with E-state index in [2.05, 4.69) is 11.9 Å². The molecule has 0 aromatic rings. The van der Waals surface area contributed by atoms with Crippen molar-refractivity contribution in [1.29, 1.82) is 0 Å². The van der Waals surface area contributed by atoms with Gasteiger partial charge < -0.3 is 10.2 Å². The number of nitrogens with one attached hydrogen (secondary N) is 1. The molecule has 0 unspecified atom stereocenters. The average Bonchev–Trinajstić information content (AvgIpc) is 1.82. The minimum atomic E-state index is 0.0813. The fourth-order valence-electron chi connectivity index (χ4n) is 1.78. The van der Waals surface area contributed by atoms with Crippen molar-refractivity contribution in [3.63, 3.8) is 0 Å². The van der Waals surface area contributed by atoms with Crippen molar-refractivity contribution in [1.82, 2.24) is 10.2 Å². The van der Waals surface area contributed by atoms with E-state index in [1.54, 1.807) is 0 Å². The number of hydrogen-bond donors (Lipinski definition) is 1. The van der Waals surface area contributed by atoms with Gasteiger partial charge in [-0.05, 0) is 12.5 Å². The number of nitrogens with zero attached hydrogens (tertiary/aromatic N) is 1. The third-order valence-electron chi connectivity index (χ3n) is 2.72. The van der Waals surface area contributed by atoms with Crippen LogP contribution in [0.4, 0.5) is 0 Å². The van der Waals surface area contributed by atoms with E-state index in [0.717, 1.165) is 26.1 Å². The van der Waals surface area contributed by atoms with Crippen molar-refractivity contribution in [2.45, 2.75) is 12.0 Å². The Morgan fingerprint density at radius 3 is 2.64 bits per heavy atom. The highest BCUT2D eigenvalue weighted by Gasteiger charge is 2.50. The molecule has 0 atom stereocenters. The van der Waals surface area contributed by atoms with Gasteiger partial charge in [-0.3, -0.25) is 4.79 Å². The number of carbonyl (C=O) groups is 1. The maximum Gasteiger partial charge on any atom is 0.246 e. The third-order valence-corrected chi connectivity index (χ3v) is 2.72. The first-order chi connectivity index (χ1) is 5.28. The summed E-state index contributed by atoms with van der Waals surface area (Å²) in [5, 5.41) is 3.18. The highest BCUT2D eigenvalue weighted by atomic mass is 16.2. The Labute approximate surface area is 66.1 Å². The van der Waals surface area contributed by atoms with Gasteiger partial charge >= 0.3 is 0 Å². The van der Waals surface area contributed by atoms with Crippen LogP contribution in [-0.4, -0.2) is 36.0 Å². The summed E-state index contributed by atoms with van der Waals surface area (Å²) >= 11 is 0. The molecule has 0 aromatic carbocycles. The summed E-state index contributed by atoms with van der Waals surface area (Å²) in [7, 11) is 0. The van der Waals surface area contributed by atoms with Gasteiger partial charge in [0.1, 0.15) is 0 Å². The molecule has 2 heterocycles. The lowest BCUT2D eigenvalue weighted by Gasteiger charge is -2.58. The number of likely N-dealkylation sites (tertiary alicyclic amines) is 1. The second-order valence-electron chi connectivity index (χ2n) is 3.27. The van der Waals surface area contributed by atoms with Gasteiger partial charge in [0.25, 0.3) is 0 Å². The molecule has 1 amide bonds. The number of carbonyl (C=O) groups excluding carboxylic acids is 1. The smallest absolute Gasteiger partial charge is 0.246 e. The van der Waals surface area contributed by atoms with Crippen molar-refractivity contribution >= 4 is 5.91 Å². The van der Waals surface area contributed by atoms with E-state index in [9.17, 15) is 4.79 Å². The molecule has 1 N–H and O–H groups in total.